The first-order valence-corrected chi connectivity index (χ1v) is 40.5. The molecule has 0 N–H and O–H groups in total. The molecule has 0 radical (unpaired) electrons. The SMILES string of the molecule is Cc1cc2oc3ccc4ccccc4c3c2cc1-c1cccc[n+]1C.Cc1cc[n+](C)c(-c2cc3c(cc2C)oc2ccc4ccccc4c23)c1.[2H]C([2H])(c1cc[n+](C)c(-c2cc3oc4ccc5ccccc5c4c3cc2C)c1)C1CCCC1.[2H]C([2H])(c1cc[n+](C)c(-c2cc3oc4ccc5ccccc5c4c3cc2C)c1)C1CCCCC1. The van der Waals surface area contributed by atoms with Gasteiger partial charge in [0.05, 0.1) is 11.1 Å². The Balaban J connectivity index is 0.000000105. The average Bonchev–Trinajstić information content (AvgIpc) is 1.62. The monoisotopic (exact) mass is 1490 g/mol. The molecule has 0 bridgehead atoms. The van der Waals surface area contributed by atoms with Crippen LogP contribution in [-0.4, -0.2) is 0 Å². The van der Waals surface area contributed by atoms with Gasteiger partial charge in [0, 0.05) is 108 Å². The van der Waals surface area contributed by atoms with Crippen molar-refractivity contribution in [3.63, 3.8) is 0 Å². The summed E-state index contributed by atoms with van der Waals surface area (Å²) in [7, 11) is 8.24. The molecule has 2 fully saturated rings. The van der Waals surface area contributed by atoms with Crippen molar-refractivity contribution in [3.8, 4) is 45.0 Å². The van der Waals surface area contributed by atoms with Crippen LogP contribution in [0.25, 0.3) is 176 Å². The fourth-order valence-electron chi connectivity index (χ4n) is 18.3. The van der Waals surface area contributed by atoms with Crippen LogP contribution in [0.1, 0.15) is 102 Å². The van der Waals surface area contributed by atoms with Crippen molar-refractivity contribution in [3.05, 3.63) is 312 Å². The van der Waals surface area contributed by atoms with Gasteiger partial charge >= 0.3 is 0 Å². The summed E-state index contributed by atoms with van der Waals surface area (Å²) in [6, 6.07) is 87.0. The van der Waals surface area contributed by atoms with Crippen LogP contribution in [-0.2, 0) is 40.9 Å². The van der Waals surface area contributed by atoms with Crippen molar-refractivity contribution in [1.82, 2.24) is 0 Å². The van der Waals surface area contributed by atoms with Gasteiger partial charge < -0.3 is 17.7 Å². The van der Waals surface area contributed by atoms with E-state index in [4.69, 9.17) is 23.2 Å². The lowest BCUT2D eigenvalue weighted by Crippen LogP contribution is -2.31. The van der Waals surface area contributed by atoms with E-state index in [9.17, 15) is 0 Å². The fourth-order valence-corrected chi connectivity index (χ4v) is 18.3. The molecule has 8 aromatic heterocycles. The summed E-state index contributed by atoms with van der Waals surface area (Å²) in [5.74, 6) is 0.194. The lowest BCUT2D eigenvalue weighted by molar-refractivity contribution is -0.660. The van der Waals surface area contributed by atoms with Crippen molar-refractivity contribution in [1.29, 1.82) is 0 Å². The molecule has 0 spiro atoms. The third-order valence-electron chi connectivity index (χ3n) is 24.3. The Bertz CT molecular complexity index is 7400. The molecule has 560 valence electrons. The highest BCUT2D eigenvalue weighted by molar-refractivity contribution is 6.23. The normalized spacial score (nSPS) is 14.3. The van der Waals surface area contributed by atoms with Crippen LogP contribution in [0.5, 0.6) is 0 Å². The molecule has 22 rings (SSSR count). The van der Waals surface area contributed by atoms with Crippen molar-refractivity contribution in [2.45, 2.75) is 105 Å². The van der Waals surface area contributed by atoms with Crippen molar-refractivity contribution in [2.24, 2.45) is 40.0 Å². The summed E-state index contributed by atoms with van der Waals surface area (Å²) >= 11 is 0. The van der Waals surface area contributed by atoms with Crippen molar-refractivity contribution in [2.75, 3.05) is 0 Å². The van der Waals surface area contributed by atoms with E-state index in [1.165, 1.54) is 110 Å². The molecule has 114 heavy (non-hydrogen) atoms. The van der Waals surface area contributed by atoms with E-state index in [-0.39, 0.29) is 11.8 Å². The Morgan fingerprint density at radius 3 is 0.991 bits per heavy atom. The Morgan fingerprint density at radius 2 is 0.588 bits per heavy atom. The molecular formula is C106H96N4O4+4. The zero-order valence-electron chi connectivity index (χ0n) is 70.4. The highest BCUT2D eigenvalue weighted by atomic mass is 16.3. The Labute approximate surface area is 671 Å². The minimum atomic E-state index is -1.32. The highest BCUT2D eigenvalue weighted by Crippen LogP contribution is 2.44. The molecule has 0 atom stereocenters. The van der Waals surface area contributed by atoms with E-state index in [2.05, 4.69) is 310 Å². The van der Waals surface area contributed by atoms with Gasteiger partial charge in [0.1, 0.15) is 72.9 Å². The van der Waals surface area contributed by atoms with E-state index in [1.54, 1.807) is 0 Å². The largest absolute Gasteiger partial charge is 0.456 e. The van der Waals surface area contributed by atoms with E-state index in [1.807, 2.05) is 44.7 Å². The number of aryl methyl sites for hydroxylation is 9. The van der Waals surface area contributed by atoms with Gasteiger partial charge in [-0.1, -0.05) is 179 Å². The minimum Gasteiger partial charge on any atom is -0.456 e. The number of nitrogens with zero attached hydrogens (tertiary/aromatic N) is 4. The molecule has 0 aliphatic heterocycles. The summed E-state index contributed by atoms with van der Waals surface area (Å²) in [4.78, 5) is 0. The van der Waals surface area contributed by atoms with Gasteiger partial charge in [0.25, 0.3) is 0 Å². The molecule has 0 amide bonds. The van der Waals surface area contributed by atoms with Crippen LogP contribution < -0.4 is 18.3 Å². The van der Waals surface area contributed by atoms with Gasteiger partial charge in [-0.25, -0.2) is 18.3 Å². The Hall–Kier alpha value is -12.5. The molecule has 2 saturated carbocycles. The molecule has 0 unspecified atom stereocenters. The molecule has 2 aliphatic rings. The molecule has 8 heteroatoms. The fraction of sp³-hybridized carbons (Fsp3) is 0.208. The summed E-state index contributed by atoms with van der Waals surface area (Å²) in [6.07, 6.45) is 15.2. The summed E-state index contributed by atoms with van der Waals surface area (Å²) < 4.78 is 69.2. The van der Waals surface area contributed by atoms with Crippen LogP contribution in [0.4, 0.5) is 0 Å². The van der Waals surface area contributed by atoms with E-state index in [0.29, 0.717) is 0 Å². The average molecular weight is 1490 g/mol. The molecule has 8 nitrogen and oxygen atoms in total. The quantitative estimate of drug-likeness (QED) is 0.142. The molecular weight excluding hydrogens is 1390 g/mol. The first kappa shape index (κ1) is 67.2. The maximum Gasteiger partial charge on any atom is 0.212 e. The van der Waals surface area contributed by atoms with Gasteiger partial charge in [0.15, 0.2) is 24.8 Å². The van der Waals surface area contributed by atoms with Crippen LogP contribution in [0.3, 0.4) is 0 Å². The predicted molar refractivity (Wildman–Crippen MR) is 471 cm³/mol. The first-order valence-electron chi connectivity index (χ1n) is 42.5. The standard InChI is InChI=1S/C30H30NO.C29H28NO.C24H20NO.C23H18NO/c1-20-16-26-29(32-28-13-12-23-10-6-7-11-24(23)30(26)28)19-25(20)27-18-22(14-15-31(27)2)17-21-8-4-3-5-9-21;1-19-15-25-28(31-27-12-11-22-9-5-6-10-23(22)29(25)27)18-24(19)26-17-21(13-14-30(26)2)16-20-7-3-4-8-20;1-15-10-11-25(3)21(12-15)19-14-20-23(13-16(19)2)26-22-9-8-17-6-4-5-7-18(17)24(20)22;1-15-13-22-19(14-18(15)20-9-5-6-12-24(20)2)23-17-8-4-3-7-16(17)10-11-21(23)25-22/h6-7,10-16,18-19,21H,3-5,8-9,17H2,1-2H3;5-6,9-15,17-18,20H,3-4,7-8,16H2,1-2H3;4-14H,1-3H3;3-14H,1-2H3/q4*+1/i17D2;16D2;;. The zero-order valence-corrected chi connectivity index (χ0v) is 66.4. The van der Waals surface area contributed by atoms with Crippen LogP contribution >= 0.6 is 0 Å². The van der Waals surface area contributed by atoms with Crippen molar-refractivity contribution >= 4 is 131 Å². The maximum absolute atomic E-state index is 8.96. The van der Waals surface area contributed by atoms with Crippen LogP contribution in [0, 0.1) is 46.5 Å². The zero-order chi connectivity index (χ0) is 81.0. The van der Waals surface area contributed by atoms with E-state index in [0.717, 1.165) is 162 Å². The number of aromatic nitrogens is 4. The maximum atomic E-state index is 8.96. The number of hydrogen-bond acceptors (Lipinski definition) is 4. The highest BCUT2D eigenvalue weighted by Gasteiger charge is 2.26. The minimum absolute atomic E-state index is 0.0917. The van der Waals surface area contributed by atoms with Crippen LogP contribution in [0.2, 0.25) is 0 Å². The summed E-state index contributed by atoms with van der Waals surface area (Å²) in [5.41, 5.74) is 24.0. The van der Waals surface area contributed by atoms with Crippen LogP contribution in [0.15, 0.2) is 291 Å². The Kier molecular flexibility index (Phi) is 17.6. The van der Waals surface area contributed by atoms with Crippen molar-refractivity contribution < 1.29 is 41.4 Å². The second-order valence-corrected chi connectivity index (χ2v) is 32.0. The number of benzene rings is 12. The topological polar surface area (TPSA) is 68.1 Å². The number of hydrogen-bond donors (Lipinski definition) is 0. The second kappa shape index (κ2) is 29.9. The number of rotatable bonds is 8. The third-order valence-corrected chi connectivity index (χ3v) is 24.3. The van der Waals surface area contributed by atoms with E-state index < -0.39 is 12.7 Å². The number of pyridine rings is 4. The lowest BCUT2D eigenvalue weighted by Gasteiger charge is -2.21. The second-order valence-electron chi connectivity index (χ2n) is 32.0. The predicted octanol–water partition coefficient (Wildman–Crippen LogP) is 26.3. The van der Waals surface area contributed by atoms with Gasteiger partial charge in [-0.15, -0.1) is 0 Å². The first-order chi connectivity index (χ1) is 57.2. The molecule has 12 aromatic carbocycles. The lowest BCUT2D eigenvalue weighted by atomic mass is 9.85. The molecule has 0 saturated heterocycles. The molecule has 2 aliphatic carbocycles. The smallest absolute Gasteiger partial charge is 0.212 e. The van der Waals surface area contributed by atoms with Gasteiger partial charge in [-0.05, 0) is 220 Å². The van der Waals surface area contributed by atoms with E-state index >= 15 is 0 Å². The summed E-state index contributed by atoms with van der Waals surface area (Å²) in [5, 5.41) is 19.1. The molecule has 20 aromatic rings. The number of furan rings is 4. The Morgan fingerprint density at radius 1 is 0.272 bits per heavy atom. The third kappa shape index (κ3) is 13.4. The summed E-state index contributed by atoms with van der Waals surface area (Å²) in [6.45, 7) is 10.7. The van der Waals surface area contributed by atoms with Gasteiger partial charge in [-0.2, -0.15) is 0 Å². The molecule has 8 heterocycles. The van der Waals surface area contributed by atoms with Gasteiger partial charge in [0.2, 0.25) is 22.8 Å². The number of fused-ring (bicyclic) bond motifs is 20. The van der Waals surface area contributed by atoms with Gasteiger partial charge in [-0.3, -0.25) is 0 Å².